The lowest BCUT2D eigenvalue weighted by Gasteiger charge is -2.28. The Morgan fingerprint density at radius 2 is 1.67 bits per heavy atom. The van der Waals surface area contributed by atoms with Crippen LogP contribution in [0.2, 0.25) is 0 Å². The average Bonchev–Trinajstić information content (AvgIpc) is 3.46. The van der Waals surface area contributed by atoms with Gasteiger partial charge in [0, 0.05) is 31.8 Å². The molecule has 0 spiro atoms. The molecule has 1 fully saturated rings. The van der Waals surface area contributed by atoms with Gasteiger partial charge in [0.2, 0.25) is 5.91 Å². The van der Waals surface area contributed by atoms with Crippen LogP contribution in [0.1, 0.15) is 33.6 Å². The molecule has 1 saturated heterocycles. The Balaban J connectivity index is 1.41. The Bertz CT molecular complexity index is 1330. The Labute approximate surface area is 227 Å². The zero-order valence-electron chi connectivity index (χ0n) is 21.8. The largest absolute Gasteiger partial charge is 0.394 e. The molecule has 11 heteroatoms. The van der Waals surface area contributed by atoms with Crippen LogP contribution >= 0.6 is 8.60 Å². The average molecular weight is 554 g/mol. The first-order chi connectivity index (χ1) is 18.8. The van der Waals surface area contributed by atoms with Crippen molar-refractivity contribution in [3.05, 3.63) is 71.8 Å². The fourth-order valence-electron chi connectivity index (χ4n) is 4.65. The molecule has 0 radical (unpaired) electrons. The summed E-state index contributed by atoms with van der Waals surface area (Å²) in [7, 11) is 0.928. The van der Waals surface area contributed by atoms with Gasteiger partial charge in [0.15, 0.2) is 0 Å². The summed E-state index contributed by atoms with van der Waals surface area (Å²) < 4.78 is 9.98. The summed E-state index contributed by atoms with van der Waals surface area (Å²) in [5, 5.41) is 17.0. The second-order valence-corrected chi connectivity index (χ2v) is 10.3. The van der Waals surface area contributed by atoms with Crippen molar-refractivity contribution in [2.75, 3.05) is 33.9 Å². The summed E-state index contributed by atoms with van der Waals surface area (Å²) in [5.41, 5.74) is 2.80. The van der Waals surface area contributed by atoms with Crippen molar-refractivity contribution in [3.63, 3.8) is 0 Å². The first-order valence-corrected chi connectivity index (χ1v) is 13.7. The van der Waals surface area contributed by atoms with Crippen LogP contribution in [0, 0.1) is 0 Å². The molecule has 0 bridgehead atoms. The fourth-order valence-corrected chi connectivity index (χ4v) is 5.06. The molecule has 0 saturated carbocycles. The third-order valence-corrected chi connectivity index (χ3v) is 7.47. The SMILES string of the molecule is CNC(=O)c1ccc2cc(-c3ccc(C(=O)NC(CO)C(=O)N4CCCC4COP(O)OC)cc3)ccc2c1. The summed E-state index contributed by atoms with van der Waals surface area (Å²) in [4.78, 5) is 49.0. The number of nitrogens with zero attached hydrogens (tertiary/aromatic N) is 1. The number of aliphatic hydroxyl groups is 1. The minimum atomic E-state index is -2.00. The van der Waals surface area contributed by atoms with Crippen LogP contribution in [0.25, 0.3) is 21.9 Å². The first kappa shape index (κ1) is 28.6. The molecule has 206 valence electrons. The monoisotopic (exact) mass is 553 g/mol. The van der Waals surface area contributed by atoms with Gasteiger partial charge in [-0.3, -0.25) is 14.4 Å². The van der Waals surface area contributed by atoms with Crippen molar-refractivity contribution in [3.8, 4) is 11.1 Å². The lowest BCUT2D eigenvalue weighted by molar-refractivity contribution is -0.135. The molecule has 4 rings (SSSR count). The third-order valence-electron chi connectivity index (χ3n) is 6.79. The van der Waals surface area contributed by atoms with E-state index >= 15 is 0 Å². The van der Waals surface area contributed by atoms with E-state index in [2.05, 4.69) is 10.6 Å². The highest BCUT2D eigenvalue weighted by Gasteiger charge is 2.34. The number of carbonyl (C=O) groups excluding carboxylic acids is 3. The maximum absolute atomic E-state index is 13.1. The van der Waals surface area contributed by atoms with E-state index in [9.17, 15) is 24.4 Å². The van der Waals surface area contributed by atoms with Crippen LogP contribution in [-0.4, -0.2) is 78.6 Å². The van der Waals surface area contributed by atoms with Crippen molar-refractivity contribution >= 4 is 37.1 Å². The normalized spacial score (nSPS) is 16.6. The lowest BCUT2D eigenvalue weighted by atomic mass is 9.99. The van der Waals surface area contributed by atoms with Gasteiger partial charge < -0.3 is 34.6 Å². The number of nitrogens with one attached hydrogen (secondary N) is 2. The molecule has 3 aromatic carbocycles. The maximum atomic E-state index is 13.1. The van der Waals surface area contributed by atoms with E-state index in [4.69, 9.17) is 9.05 Å². The second-order valence-electron chi connectivity index (χ2n) is 9.19. The zero-order valence-corrected chi connectivity index (χ0v) is 22.7. The minimum absolute atomic E-state index is 0.110. The topological polar surface area (TPSA) is 137 Å². The first-order valence-electron chi connectivity index (χ1n) is 12.6. The molecule has 10 nitrogen and oxygen atoms in total. The molecule has 1 aliphatic heterocycles. The predicted octanol–water partition coefficient (Wildman–Crippen LogP) is 2.83. The van der Waals surface area contributed by atoms with Gasteiger partial charge in [-0.15, -0.1) is 0 Å². The van der Waals surface area contributed by atoms with E-state index < -0.39 is 33.1 Å². The molecule has 1 aliphatic rings. The molecule has 1 heterocycles. The number of rotatable bonds is 10. The lowest BCUT2D eigenvalue weighted by Crippen LogP contribution is -2.52. The molecule has 4 N–H and O–H groups in total. The number of aliphatic hydroxyl groups excluding tert-OH is 1. The van der Waals surface area contributed by atoms with Crippen LogP contribution in [0.15, 0.2) is 60.7 Å². The highest BCUT2D eigenvalue weighted by molar-refractivity contribution is 7.40. The van der Waals surface area contributed by atoms with Gasteiger partial charge in [0.05, 0.1) is 19.3 Å². The quantitative estimate of drug-likeness (QED) is 0.283. The molecule has 0 aromatic heterocycles. The number of hydrogen-bond acceptors (Lipinski definition) is 7. The molecular weight excluding hydrogens is 521 g/mol. The maximum Gasteiger partial charge on any atom is 0.329 e. The summed E-state index contributed by atoms with van der Waals surface area (Å²) in [6.45, 7) is 0.0404. The van der Waals surface area contributed by atoms with Gasteiger partial charge in [0.25, 0.3) is 11.8 Å². The number of carbonyl (C=O) groups is 3. The molecule has 39 heavy (non-hydrogen) atoms. The van der Waals surface area contributed by atoms with Gasteiger partial charge in [-0.2, -0.15) is 0 Å². The Morgan fingerprint density at radius 1 is 1.00 bits per heavy atom. The summed E-state index contributed by atoms with van der Waals surface area (Å²) in [5.74, 6) is -1.01. The number of amides is 3. The molecule has 3 amide bonds. The summed E-state index contributed by atoms with van der Waals surface area (Å²) in [6, 6.07) is 17.0. The molecular formula is C28H32N3O7P. The molecule has 3 aromatic rings. The van der Waals surface area contributed by atoms with Gasteiger partial charge in [-0.05, 0) is 65.1 Å². The molecule has 3 unspecified atom stereocenters. The molecule has 3 atom stereocenters. The minimum Gasteiger partial charge on any atom is -0.394 e. The van der Waals surface area contributed by atoms with Gasteiger partial charge in [-0.25, -0.2) is 0 Å². The van der Waals surface area contributed by atoms with Crippen molar-refractivity contribution < 1.29 is 33.4 Å². The van der Waals surface area contributed by atoms with Crippen LogP contribution in [0.5, 0.6) is 0 Å². The third kappa shape index (κ3) is 6.79. The van der Waals surface area contributed by atoms with E-state index in [1.165, 1.54) is 7.11 Å². The highest BCUT2D eigenvalue weighted by Crippen LogP contribution is 2.33. The van der Waals surface area contributed by atoms with E-state index in [1.807, 2.05) is 42.5 Å². The standard InChI is InChI=1S/C28H32N3O7P/c1-29-26(33)23-12-11-21-14-20(9-10-22(21)15-23)18-5-7-19(8-6-18)27(34)30-25(16-32)28(35)31-13-3-4-24(31)17-38-39(36)37-2/h5-12,14-15,24-25,32,36H,3-4,13,16-17H2,1-2H3,(H,29,33)(H,30,34). The van der Waals surface area contributed by atoms with Crippen molar-refractivity contribution in [2.45, 2.75) is 24.9 Å². The van der Waals surface area contributed by atoms with Gasteiger partial charge in [-0.1, -0.05) is 30.3 Å². The van der Waals surface area contributed by atoms with Crippen LogP contribution < -0.4 is 10.6 Å². The van der Waals surface area contributed by atoms with Gasteiger partial charge in [0.1, 0.15) is 6.04 Å². The Morgan fingerprint density at radius 3 is 2.36 bits per heavy atom. The fraction of sp³-hybridized carbons (Fsp3) is 0.321. The zero-order chi connectivity index (χ0) is 27.9. The second kappa shape index (κ2) is 13.1. The Hall–Kier alpha value is -3.40. The predicted molar refractivity (Wildman–Crippen MR) is 148 cm³/mol. The highest BCUT2D eigenvalue weighted by atomic mass is 31.2. The summed E-state index contributed by atoms with van der Waals surface area (Å²) >= 11 is 0. The van der Waals surface area contributed by atoms with E-state index in [1.54, 1.807) is 30.1 Å². The van der Waals surface area contributed by atoms with Crippen molar-refractivity contribution in [1.82, 2.24) is 15.5 Å². The van der Waals surface area contributed by atoms with Crippen LogP contribution in [0.3, 0.4) is 0 Å². The van der Waals surface area contributed by atoms with E-state index in [-0.39, 0.29) is 18.6 Å². The number of fused-ring (bicyclic) bond motifs is 1. The number of likely N-dealkylation sites (tertiary alicyclic amines) is 1. The Kier molecular flexibility index (Phi) is 9.61. The number of benzene rings is 3. The van der Waals surface area contributed by atoms with E-state index in [0.29, 0.717) is 24.1 Å². The smallest absolute Gasteiger partial charge is 0.329 e. The van der Waals surface area contributed by atoms with Crippen LogP contribution in [0.4, 0.5) is 0 Å². The van der Waals surface area contributed by atoms with Crippen molar-refractivity contribution in [2.24, 2.45) is 0 Å². The van der Waals surface area contributed by atoms with Crippen LogP contribution in [-0.2, 0) is 13.8 Å². The molecule has 0 aliphatic carbocycles. The summed E-state index contributed by atoms with van der Waals surface area (Å²) in [6.07, 6.45) is 1.45. The van der Waals surface area contributed by atoms with E-state index in [0.717, 1.165) is 28.3 Å². The van der Waals surface area contributed by atoms with Crippen molar-refractivity contribution in [1.29, 1.82) is 0 Å². The number of hydrogen-bond donors (Lipinski definition) is 4. The van der Waals surface area contributed by atoms with Gasteiger partial charge >= 0.3 is 8.60 Å².